The molecular formula is C12H19NO3. The Bertz CT molecular complexity index is 282. The van der Waals surface area contributed by atoms with Crippen LogP contribution in [0.2, 0.25) is 0 Å². The molecule has 2 saturated carbocycles. The van der Waals surface area contributed by atoms with E-state index in [1.54, 1.807) is 0 Å². The molecule has 16 heavy (non-hydrogen) atoms. The molecule has 2 aliphatic rings. The number of amides is 1. The van der Waals surface area contributed by atoms with Gasteiger partial charge in [0.25, 0.3) is 0 Å². The largest absolute Gasteiger partial charge is 0.480 e. The second kappa shape index (κ2) is 4.85. The average Bonchev–Trinajstić information content (AvgIpc) is 2.94. The van der Waals surface area contributed by atoms with Crippen LogP contribution in [0.1, 0.15) is 44.9 Å². The summed E-state index contributed by atoms with van der Waals surface area (Å²) in [6, 6.07) is -0.667. The number of hydrogen-bond donors (Lipinski definition) is 2. The van der Waals surface area contributed by atoms with Gasteiger partial charge in [0.1, 0.15) is 6.04 Å². The molecule has 4 heteroatoms. The van der Waals surface area contributed by atoms with Crippen molar-refractivity contribution in [2.75, 3.05) is 0 Å². The Morgan fingerprint density at radius 1 is 1.19 bits per heavy atom. The Hall–Kier alpha value is -1.06. The van der Waals surface area contributed by atoms with Crippen molar-refractivity contribution in [1.82, 2.24) is 5.32 Å². The summed E-state index contributed by atoms with van der Waals surface area (Å²) in [5.74, 6) is 0.0343. The highest BCUT2D eigenvalue weighted by molar-refractivity contribution is 5.83. The molecule has 2 aliphatic carbocycles. The molecule has 2 rings (SSSR count). The molecular weight excluding hydrogens is 206 g/mol. The SMILES string of the molecule is O=C(CC1CCC1)NC(CC1CC1)C(=O)O. The number of hydrogen-bond acceptors (Lipinski definition) is 2. The molecule has 0 spiro atoms. The van der Waals surface area contributed by atoms with Crippen molar-refractivity contribution in [1.29, 1.82) is 0 Å². The third-order valence-corrected chi connectivity index (χ3v) is 3.60. The third kappa shape index (κ3) is 3.22. The summed E-state index contributed by atoms with van der Waals surface area (Å²) in [6.45, 7) is 0. The van der Waals surface area contributed by atoms with E-state index in [2.05, 4.69) is 5.32 Å². The molecule has 1 atom stereocenters. The standard InChI is InChI=1S/C12H19NO3/c14-11(7-8-2-1-3-8)13-10(12(15)16)6-9-4-5-9/h8-10H,1-7H2,(H,13,14)(H,15,16). The van der Waals surface area contributed by atoms with Crippen LogP contribution < -0.4 is 5.32 Å². The first kappa shape index (κ1) is 11.4. The highest BCUT2D eigenvalue weighted by atomic mass is 16.4. The van der Waals surface area contributed by atoms with Gasteiger partial charge in [0, 0.05) is 6.42 Å². The maximum atomic E-state index is 11.6. The molecule has 90 valence electrons. The molecule has 0 aromatic carbocycles. The van der Waals surface area contributed by atoms with Crippen LogP contribution in [0, 0.1) is 11.8 Å². The van der Waals surface area contributed by atoms with Gasteiger partial charge in [0.15, 0.2) is 0 Å². The van der Waals surface area contributed by atoms with Crippen LogP contribution in [-0.2, 0) is 9.59 Å². The number of carboxylic acid groups (broad SMARTS) is 1. The fourth-order valence-corrected chi connectivity index (χ4v) is 2.12. The van der Waals surface area contributed by atoms with Crippen LogP contribution in [0.5, 0.6) is 0 Å². The Morgan fingerprint density at radius 3 is 2.31 bits per heavy atom. The van der Waals surface area contributed by atoms with Crippen LogP contribution in [-0.4, -0.2) is 23.0 Å². The van der Waals surface area contributed by atoms with Crippen LogP contribution in [0.25, 0.3) is 0 Å². The Labute approximate surface area is 95.4 Å². The lowest BCUT2D eigenvalue weighted by molar-refractivity contribution is -0.142. The number of carbonyl (C=O) groups excluding carboxylic acids is 1. The molecule has 2 N–H and O–H groups in total. The van der Waals surface area contributed by atoms with Gasteiger partial charge in [0.05, 0.1) is 0 Å². The minimum absolute atomic E-state index is 0.0854. The number of carboxylic acids is 1. The molecule has 0 heterocycles. The molecule has 0 bridgehead atoms. The highest BCUT2D eigenvalue weighted by Crippen LogP contribution is 2.34. The lowest BCUT2D eigenvalue weighted by Gasteiger charge is -2.25. The van der Waals surface area contributed by atoms with E-state index in [9.17, 15) is 9.59 Å². The maximum Gasteiger partial charge on any atom is 0.326 e. The molecule has 2 fully saturated rings. The van der Waals surface area contributed by atoms with Gasteiger partial charge < -0.3 is 10.4 Å². The first-order chi connectivity index (χ1) is 7.65. The Balaban J connectivity index is 1.74. The van der Waals surface area contributed by atoms with Crippen molar-refractivity contribution in [3.05, 3.63) is 0 Å². The molecule has 0 radical (unpaired) electrons. The second-order valence-corrected chi connectivity index (χ2v) is 5.14. The quantitative estimate of drug-likeness (QED) is 0.720. The summed E-state index contributed by atoms with van der Waals surface area (Å²) in [5, 5.41) is 11.6. The van der Waals surface area contributed by atoms with Gasteiger partial charge in [0.2, 0.25) is 5.91 Å². The van der Waals surface area contributed by atoms with E-state index in [0.717, 1.165) is 25.7 Å². The molecule has 1 amide bonds. The first-order valence-corrected chi connectivity index (χ1v) is 6.17. The van der Waals surface area contributed by atoms with Gasteiger partial charge in [-0.3, -0.25) is 4.79 Å². The van der Waals surface area contributed by atoms with E-state index in [1.807, 2.05) is 0 Å². The fraction of sp³-hybridized carbons (Fsp3) is 0.833. The topological polar surface area (TPSA) is 66.4 Å². The zero-order valence-electron chi connectivity index (χ0n) is 9.45. The van der Waals surface area contributed by atoms with Crippen LogP contribution in [0.4, 0.5) is 0 Å². The predicted octanol–water partition coefficient (Wildman–Crippen LogP) is 1.55. The van der Waals surface area contributed by atoms with Crippen LogP contribution in [0.3, 0.4) is 0 Å². The summed E-state index contributed by atoms with van der Waals surface area (Å²) in [6.07, 6.45) is 6.79. The van der Waals surface area contributed by atoms with Gasteiger partial charge in [-0.2, -0.15) is 0 Å². The normalized spacial score (nSPS) is 22.2. The zero-order valence-corrected chi connectivity index (χ0v) is 9.45. The van der Waals surface area contributed by atoms with E-state index in [0.29, 0.717) is 24.7 Å². The number of nitrogens with one attached hydrogen (secondary N) is 1. The smallest absolute Gasteiger partial charge is 0.326 e. The maximum absolute atomic E-state index is 11.6. The van der Waals surface area contributed by atoms with Crippen molar-refractivity contribution in [3.63, 3.8) is 0 Å². The van der Waals surface area contributed by atoms with Gasteiger partial charge in [-0.1, -0.05) is 19.3 Å². The summed E-state index contributed by atoms with van der Waals surface area (Å²) >= 11 is 0. The van der Waals surface area contributed by atoms with Crippen molar-refractivity contribution in [2.45, 2.75) is 51.0 Å². The van der Waals surface area contributed by atoms with E-state index >= 15 is 0 Å². The molecule has 0 aromatic rings. The number of aliphatic carboxylic acids is 1. The Morgan fingerprint density at radius 2 is 1.88 bits per heavy atom. The average molecular weight is 225 g/mol. The minimum Gasteiger partial charge on any atom is -0.480 e. The molecule has 0 saturated heterocycles. The second-order valence-electron chi connectivity index (χ2n) is 5.14. The molecule has 0 aromatic heterocycles. The lowest BCUT2D eigenvalue weighted by Crippen LogP contribution is -2.42. The van der Waals surface area contributed by atoms with Crippen molar-refractivity contribution < 1.29 is 14.7 Å². The van der Waals surface area contributed by atoms with E-state index in [1.165, 1.54) is 6.42 Å². The molecule has 4 nitrogen and oxygen atoms in total. The summed E-state index contributed by atoms with van der Waals surface area (Å²) in [4.78, 5) is 22.5. The number of rotatable bonds is 6. The van der Waals surface area contributed by atoms with Gasteiger partial charge in [-0.25, -0.2) is 4.79 Å². The summed E-state index contributed by atoms with van der Waals surface area (Å²) in [7, 11) is 0. The summed E-state index contributed by atoms with van der Waals surface area (Å²) in [5.41, 5.74) is 0. The van der Waals surface area contributed by atoms with Crippen LogP contribution in [0.15, 0.2) is 0 Å². The molecule has 0 aliphatic heterocycles. The van der Waals surface area contributed by atoms with E-state index in [-0.39, 0.29) is 5.91 Å². The monoisotopic (exact) mass is 225 g/mol. The minimum atomic E-state index is -0.895. The van der Waals surface area contributed by atoms with Crippen molar-refractivity contribution in [2.24, 2.45) is 11.8 Å². The van der Waals surface area contributed by atoms with Crippen LogP contribution >= 0.6 is 0 Å². The van der Waals surface area contributed by atoms with Gasteiger partial charge in [-0.05, 0) is 31.1 Å². The summed E-state index contributed by atoms with van der Waals surface area (Å²) < 4.78 is 0. The van der Waals surface area contributed by atoms with Crippen molar-refractivity contribution in [3.8, 4) is 0 Å². The lowest BCUT2D eigenvalue weighted by atomic mass is 9.83. The molecule has 1 unspecified atom stereocenters. The number of carbonyl (C=O) groups is 2. The Kier molecular flexibility index (Phi) is 3.46. The van der Waals surface area contributed by atoms with Gasteiger partial charge in [-0.15, -0.1) is 0 Å². The zero-order chi connectivity index (χ0) is 11.5. The third-order valence-electron chi connectivity index (χ3n) is 3.60. The first-order valence-electron chi connectivity index (χ1n) is 6.17. The predicted molar refractivity (Wildman–Crippen MR) is 58.9 cm³/mol. The fourth-order valence-electron chi connectivity index (χ4n) is 2.12. The highest BCUT2D eigenvalue weighted by Gasteiger charge is 2.31. The van der Waals surface area contributed by atoms with Crippen molar-refractivity contribution >= 4 is 11.9 Å². The van der Waals surface area contributed by atoms with Gasteiger partial charge >= 0.3 is 5.97 Å². The van der Waals surface area contributed by atoms with E-state index < -0.39 is 12.0 Å². The van der Waals surface area contributed by atoms with E-state index in [4.69, 9.17) is 5.11 Å².